The third kappa shape index (κ3) is 103. The Kier molecular flexibility index (Phi) is 46.7. The van der Waals surface area contributed by atoms with Crippen molar-refractivity contribution in [2.24, 2.45) is 0 Å². The van der Waals surface area contributed by atoms with Gasteiger partial charge in [-0.1, -0.05) is 41.5 Å². The molecule has 0 radical (unpaired) electrons. The Hall–Kier alpha value is 0.825. The van der Waals surface area contributed by atoms with E-state index in [1.54, 1.807) is 41.5 Å². The molecule has 0 aliphatic heterocycles. The second kappa shape index (κ2) is 30.7. The van der Waals surface area contributed by atoms with Crippen molar-refractivity contribution in [3.63, 3.8) is 0 Å². The molecule has 8 heteroatoms. The van der Waals surface area contributed by atoms with Gasteiger partial charge in [-0.2, -0.15) is 0 Å². The minimum absolute atomic E-state index is 0. The van der Waals surface area contributed by atoms with Gasteiger partial charge in [-0.15, -0.1) is 18.3 Å². The van der Waals surface area contributed by atoms with Gasteiger partial charge in [0.2, 0.25) is 0 Å². The van der Waals surface area contributed by atoms with E-state index in [1.165, 1.54) is 0 Å². The summed E-state index contributed by atoms with van der Waals surface area (Å²) in [7, 11) is 0. The van der Waals surface area contributed by atoms with E-state index < -0.39 is 33.5 Å². The van der Waals surface area contributed by atoms with Gasteiger partial charge in [0, 0.05) is 19.8 Å². The molecule has 23 heavy (non-hydrogen) atoms. The number of hydrogen-bond donors (Lipinski definition) is 0. The van der Waals surface area contributed by atoms with Gasteiger partial charge in [-0.3, -0.25) is 0 Å². The van der Waals surface area contributed by atoms with Gasteiger partial charge < -0.3 is 26.7 Å². The molecule has 0 aromatic heterocycles. The second-order valence-corrected chi connectivity index (χ2v) is 6.38. The van der Waals surface area contributed by atoms with Crippen molar-refractivity contribution in [2.75, 3.05) is 19.8 Å². The molecule has 0 amide bonds. The Bertz CT molecular complexity index is 135. The summed E-state index contributed by atoms with van der Waals surface area (Å²) in [4.78, 5) is 0. The molecule has 0 saturated heterocycles. The van der Waals surface area contributed by atoms with Crippen LogP contribution < -0.4 is 15.3 Å². The zero-order chi connectivity index (χ0) is 18.6. The minimum Gasteiger partial charge on any atom is -0.852 e. The molecule has 0 aliphatic rings. The summed E-state index contributed by atoms with van der Waals surface area (Å²) in [6.45, 7) is 17.5. The summed E-state index contributed by atoms with van der Waals surface area (Å²) < 4.78 is 15.7. The molecule has 6 nitrogen and oxygen atoms in total. The van der Waals surface area contributed by atoms with Crippen LogP contribution in [0.4, 0.5) is 0 Å². The van der Waals surface area contributed by atoms with Crippen LogP contribution in [-0.2, 0) is 11.4 Å². The first-order valence-corrected chi connectivity index (χ1v) is 9.28. The van der Waals surface area contributed by atoms with Crippen molar-refractivity contribution in [3.8, 4) is 0 Å². The van der Waals surface area contributed by atoms with Crippen molar-refractivity contribution in [1.82, 2.24) is 0 Å². The predicted octanol–water partition coefficient (Wildman–Crippen LogP) is -0.0347. The summed E-state index contributed by atoms with van der Waals surface area (Å²) in [6, 6.07) is 0. The average Bonchev–Trinajstić information content (AvgIpc) is 2.27. The molecule has 0 bridgehead atoms. The summed E-state index contributed by atoms with van der Waals surface area (Å²) in [5.74, 6) is 0. The van der Waals surface area contributed by atoms with Gasteiger partial charge in [0.25, 0.3) is 0 Å². The van der Waals surface area contributed by atoms with Gasteiger partial charge in [0.15, 0.2) is 0 Å². The standard InChI is InChI=1S/3C3H7O.3C2H5O.2Al/c3*1-3(2)4;3*1-2-3;;/h3*3H,1-2H3;3*2H2,1H3;;/q6*-1;2*+3. The fourth-order valence-electron chi connectivity index (χ4n) is 0.553. The van der Waals surface area contributed by atoms with E-state index in [9.17, 15) is 15.3 Å². The molecular formula is C15H36Al2O6. The first kappa shape index (κ1) is 35.0. The normalized spacial score (nSPS) is 9.00. The molecule has 0 spiro atoms. The van der Waals surface area contributed by atoms with E-state index in [1.807, 2.05) is 20.8 Å². The van der Waals surface area contributed by atoms with Gasteiger partial charge in [-0.25, -0.2) is 0 Å². The minimum atomic E-state index is -1.73. The van der Waals surface area contributed by atoms with Crippen LogP contribution in [0.15, 0.2) is 0 Å². The Morgan fingerprint density at radius 1 is 0.609 bits per heavy atom. The van der Waals surface area contributed by atoms with Gasteiger partial charge >= 0.3 is 32.5 Å². The van der Waals surface area contributed by atoms with Crippen LogP contribution >= 0.6 is 0 Å². The van der Waals surface area contributed by atoms with Gasteiger partial charge in [0.05, 0.1) is 0 Å². The van der Waals surface area contributed by atoms with E-state index >= 15 is 0 Å². The molecule has 0 aromatic rings. The number of hydrogen-bond acceptors (Lipinski definition) is 6. The van der Waals surface area contributed by atoms with Crippen LogP contribution in [0.2, 0.25) is 0 Å². The molecule has 0 unspecified atom stereocenters. The molecule has 0 fully saturated rings. The van der Waals surface area contributed by atoms with Crippen LogP contribution in [0.5, 0.6) is 0 Å². The zero-order valence-corrected chi connectivity index (χ0v) is 18.8. The third-order valence-corrected chi connectivity index (χ3v) is 2.72. The van der Waals surface area contributed by atoms with E-state index in [0.717, 1.165) is 0 Å². The quantitative estimate of drug-likeness (QED) is 0.612. The molecule has 0 saturated carbocycles. The molecule has 0 aromatic carbocycles. The van der Waals surface area contributed by atoms with Crippen molar-refractivity contribution < 1.29 is 26.7 Å². The molecule has 0 N–H and O–H groups in total. The maximum absolute atomic E-state index is 9.53. The van der Waals surface area contributed by atoms with Crippen LogP contribution in [-0.4, -0.2) is 70.6 Å². The summed E-state index contributed by atoms with van der Waals surface area (Å²) in [5.41, 5.74) is 0. The number of rotatable bonds is 6. The predicted molar refractivity (Wildman–Crippen MR) is 91.8 cm³/mol. The molecule has 0 heterocycles. The van der Waals surface area contributed by atoms with Gasteiger partial charge in [-0.05, 0) is 20.8 Å². The summed E-state index contributed by atoms with van der Waals surface area (Å²) >= 11 is -1.73. The Morgan fingerprint density at radius 3 is 0.826 bits per heavy atom. The molecular weight excluding hydrogens is 330 g/mol. The average molecular weight is 366 g/mol. The topological polar surface area (TPSA) is 96.9 Å². The Labute approximate surface area is 159 Å². The molecule has 0 rings (SSSR count). The Balaban J connectivity index is -0.0000000700. The smallest absolute Gasteiger partial charge is 0.852 e. The Morgan fingerprint density at radius 2 is 0.739 bits per heavy atom. The van der Waals surface area contributed by atoms with Crippen molar-refractivity contribution in [2.45, 2.75) is 80.6 Å². The monoisotopic (exact) mass is 366 g/mol. The van der Waals surface area contributed by atoms with E-state index in [-0.39, 0.29) is 17.4 Å². The summed E-state index contributed by atoms with van der Waals surface area (Å²) in [6.07, 6.45) is -1.25. The third-order valence-electron chi connectivity index (χ3n) is 0.908. The van der Waals surface area contributed by atoms with Crippen molar-refractivity contribution in [3.05, 3.63) is 0 Å². The maximum Gasteiger partial charge on any atom is 3.00 e. The van der Waals surface area contributed by atoms with E-state index in [0.29, 0.717) is 19.8 Å². The summed E-state index contributed by atoms with van der Waals surface area (Å²) in [5, 5.41) is 28.6. The van der Waals surface area contributed by atoms with E-state index in [4.69, 9.17) is 11.4 Å². The fraction of sp³-hybridized carbons (Fsp3) is 1.00. The van der Waals surface area contributed by atoms with Crippen molar-refractivity contribution in [1.29, 1.82) is 0 Å². The van der Waals surface area contributed by atoms with Crippen LogP contribution in [0.25, 0.3) is 0 Å². The van der Waals surface area contributed by atoms with Gasteiger partial charge in [0.1, 0.15) is 0 Å². The zero-order valence-electron chi connectivity index (χ0n) is 16.5. The van der Waals surface area contributed by atoms with Crippen LogP contribution in [0.1, 0.15) is 62.3 Å². The largest absolute Gasteiger partial charge is 3.00 e. The first-order chi connectivity index (χ1) is 10.0. The molecule has 0 aliphatic carbocycles. The molecule has 0 atom stereocenters. The fourth-order valence-corrected chi connectivity index (χ4v) is 1.66. The van der Waals surface area contributed by atoms with Crippen LogP contribution in [0, 0.1) is 0 Å². The second-order valence-electron chi connectivity index (χ2n) is 4.80. The first-order valence-electron chi connectivity index (χ1n) is 7.87. The SMILES string of the molecule is CC(C)[O-].CC(C)[O-].CC(C)[O-].CC[O][Al]([O]CC)[O]CC.[Al+3]. The van der Waals surface area contributed by atoms with Crippen molar-refractivity contribution >= 4 is 32.5 Å². The van der Waals surface area contributed by atoms with E-state index in [2.05, 4.69) is 0 Å². The maximum atomic E-state index is 9.53. The van der Waals surface area contributed by atoms with Crippen LogP contribution in [0.3, 0.4) is 0 Å². The molecule has 138 valence electrons.